The molecule has 0 aromatic heterocycles. The number of amides is 2. The van der Waals surface area contributed by atoms with Crippen LogP contribution in [-0.2, 0) is 18.9 Å². The Kier molecular flexibility index (Phi) is 7.01. The molecule has 0 spiro atoms. The number of hydrogen-bond donors (Lipinski definition) is 1. The first-order valence-electron chi connectivity index (χ1n) is 11.3. The van der Waals surface area contributed by atoms with Gasteiger partial charge in [-0.1, -0.05) is 29.8 Å². The number of nitrogens with zero attached hydrogens (tertiary/aromatic N) is 3. The molecule has 4 rings (SSSR count). The summed E-state index contributed by atoms with van der Waals surface area (Å²) in [5.74, 6) is 0. The van der Waals surface area contributed by atoms with Crippen LogP contribution >= 0.6 is 0 Å². The third kappa shape index (κ3) is 6.26. The van der Waals surface area contributed by atoms with Crippen molar-refractivity contribution in [3.05, 3.63) is 64.7 Å². The maximum absolute atomic E-state index is 13.0. The van der Waals surface area contributed by atoms with Crippen molar-refractivity contribution in [2.24, 2.45) is 0 Å². The summed E-state index contributed by atoms with van der Waals surface area (Å²) in [6.07, 6.45) is -9.94. The second-order valence-electron chi connectivity index (χ2n) is 9.08. The molecule has 2 heterocycles. The van der Waals surface area contributed by atoms with Crippen LogP contribution in [0.5, 0.6) is 0 Å². The van der Waals surface area contributed by atoms with Crippen molar-refractivity contribution >= 4 is 11.7 Å². The van der Waals surface area contributed by atoms with Crippen molar-refractivity contribution in [1.29, 1.82) is 0 Å². The van der Waals surface area contributed by atoms with Crippen LogP contribution in [0.15, 0.2) is 42.5 Å². The molecule has 2 amide bonds. The molecule has 11 heteroatoms. The molecule has 35 heavy (non-hydrogen) atoms. The number of nitrogens with one attached hydrogen (secondary N) is 1. The molecule has 0 radical (unpaired) electrons. The molecule has 1 N–H and O–H groups in total. The van der Waals surface area contributed by atoms with E-state index in [1.54, 1.807) is 0 Å². The highest BCUT2D eigenvalue weighted by Crippen LogP contribution is 2.37. The zero-order chi connectivity index (χ0) is 25.4. The molecule has 5 nitrogen and oxygen atoms in total. The molecule has 2 aliphatic rings. The summed E-state index contributed by atoms with van der Waals surface area (Å²) in [5, 5.41) is 2.19. The van der Waals surface area contributed by atoms with E-state index in [4.69, 9.17) is 0 Å². The third-order valence-corrected chi connectivity index (χ3v) is 6.44. The van der Waals surface area contributed by atoms with Crippen molar-refractivity contribution in [2.45, 2.75) is 31.9 Å². The average Bonchev–Trinajstić information content (AvgIpc) is 2.74. The Balaban J connectivity index is 1.28. The van der Waals surface area contributed by atoms with Gasteiger partial charge >= 0.3 is 18.4 Å². The van der Waals surface area contributed by atoms with E-state index in [0.29, 0.717) is 25.2 Å². The van der Waals surface area contributed by atoms with Gasteiger partial charge in [-0.3, -0.25) is 9.80 Å². The van der Waals surface area contributed by atoms with Gasteiger partial charge in [-0.2, -0.15) is 26.3 Å². The molecule has 0 aliphatic carbocycles. The van der Waals surface area contributed by atoms with Gasteiger partial charge in [-0.25, -0.2) is 4.79 Å². The summed E-state index contributed by atoms with van der Waals surface area (Å²) in [6, 6.07) is 8.87. The van der Waals surface area contributed by atoms with Gasteiger partial charge in [-0.05, 0) is 30.7 Å². The number of hydrogen-bond acceptors (Lipinski definition) is 3. The maximum atomic E-state index is 13.0. The van der Waals surface area contributed by atoms with Crippen LogP contribution in [0, 0.1) is 6.92 Å². The maximum Gasteiger partial charge on any atom is 0.416 e. The second-order valence-corrected chi connectivity index (χ2v) is 9.08. The van der Waals surface area contributed by atoms with Gasteiger partial charge in [-0.15, -0.1) is 0 Å². The van der Waals surface area contributed by atoms with E-state index in [0.717, 1.165) is 32.7 Å². The first-order valence-corrected chi connectivity index (χ1v) is 11.3. The standard InChI is InChI=1S/C24H26F6N4O/c1-16-2-4-17(5-3-16)13-32-6-8-33(9-7-32)21-14-34(15-21)22(35)31-20-11-18(23(25,26)27)10-19(12-20)24(28,29)30/h2-5,10-12,21H,6-9,13-15H2,1H3,(H,31,35). The quantitative estimate of drug-likeness (QED) is 0.597. The van der Waals surface area contributed by atoms with Crippen molar-refractivity contribution in [2.75, 3.05) is 44.6 Å². The summed E-state index contributed by atoms with van der Waals surface area (Å²) in [4.78, 5) is 18.5. The van der Waals surface area contributed by atoms with Crippen molar-refractivity contribution < 1.29 is 31.1 Å². The van der Waals surface area contributed by atoms with Crippen LogP contribution in [0.1, 0.15) is 22.3 Å². The SMILES string of the molecule is Cc1ccc(CN2CCN(C3CN(C(=O)Nc4cc(C(F)(F)F)cc(C(F)(F)F)c4)C3)CC2)cc1. The predicted molar refractivity (Wildman–Crippen MR) is 119 cm³/mol. The normalized spacial score (nSPS) is 18.4. The minimum Gasteiger partial charge on any atom is -0.321 e. The Morgan fingerprint density at radius 1 is 0.886 bits per heavy atom. The van der Waals surface area contributed by atoms with E-state index in [-0.39, 0.29) is 12.1 Å². The largest absolute Gasteiger partial charge is 0.416 e. The van der Waals surface area contributed by atoms with Gasteiger partial charge in [0.15, 0.2) is 0 Å². The van der Waals surface area contributed by atoms with Crippen LogP contribution in [0.4, 0.5) is 36.8 Å². The van der Waals surface area contributed by atoms with Gasteiger partial charge in [0.25, 0.3) is 0 Å². The number of rotatable bonds is 4. The summed E-state index contributed by atoms with van der Waals surface area (Å²) >= 11 is 0. The third-order valence-electron chi connectivity index (χ3n) is 6.44. The molecule has 2 fully saturated rings. The van der Waals surface area contributed by atoms with Gasteiger partial charge in [0.2, 0.25) is 0 Å². The highest BCUT2D eigenvalue weighted by molar-refractivity contribution is 5.90. The Morgan fingerprint density at radius 3 is 1.94 bits per heavy atom. The molecule has 2 aromatic carbocycles. The van der Waals surface area contributed by atoms with Crippen molar-refractivity contribution in [1.82, 2.24) is 14.7 Å². The minimum atomic E-state index is -4.97. The van der Waals surface area contributed by atoms with Crippen LogP contribution in [0.25, 0.3) is 0 Å². The summed E-state index contributed by atoms with van der Waals surface area (Å²) in [6.45, 7) is 7.06. The lowest BCUT2D eigenvalue weighted by molar-refractivity contribution is -0.143. The van der Waals surface area contributed by atoms with Gasteiger partial charge in [0.1, 0.15) is 0 Å². The van der Waals surface area contributed by atoms with Gasteiger partial charge in [0, 0.05) is 57.5 Å². The Bertz CT molecular complexity index is 1010. The van der Waals surface area contributed by atoms with Crippen LogP contribution < -0.4 is 5.32 Å². The number of carbonyl (C=O) groups excluding carboxylic acids is 1. The molecule has 190 valence electrons. The fourth-order valence-electron chi connectivity index (χ4n) is 4.32. The number of urea groups is 1. The molecule has 2 aromatic rings. The van der Waals surface area contributed by atoms with E-state index < -0.39 is 35.2 Å². The van der Waals surface area contributed by atoms with E-state index in [1.165, 1.54) is 16.0 Å². The number of piperazine rings is 1. The summed E-state index contributed by atoms with van der Waals surface area (Å²) in [7, 11) is 0. The number of carbonyl (C=O) groups is 1. The van der Waals surface area contributed by atoms with Crippen molar-refractivity contribution in [3.63, 3.8) is 0 Å². The van der Waals surface area contributed by atoms with Crippen molar-refractivity contribution in [3.8, 4) is 0 Å². The first-order chi connectivity index (χ1) is 16.4. The topological polar surface area (TPSA) is 38.8 Å². The first kappa shape index (κ1) is 25.3. The molecular formula is C24H26F6N4O. The number of anilines is 1. The van der Waals surface area contributed by atoms with E-state index >= 15 is 0 Å². The Morgan fingerprint density at radius 2 is 1.43 bits per heavy atom. The highest BCUT2D eigenvalue weighted by atomic mass is 19.4. The number of halogens is 6. The van der Waals surface area contributed by atoms with Gasteiger partial charge < -0.3 is 10.2 Å². The second kappa shape index (κ2) is 9.69. The number of alkyl halides is 6. The summed E-state index contributed by atoms with van der Waals surface area (Å²) in [5.41, 5.74) is -1.00. The number of likely N-dealkylation sites (tertiary alicyclic amines) is 1. The summed E-state index contributed by atoms with van der Waals surface area (Å²) < 4.78 is 78.2. The fraction of sp³-hybridized carbons (Fsp3) is 0.458. The smallest absolute Gasteiger partial charge is 0.321 e. The Hall–Kier alpha value is -2.79. The van der Waals surface area contributed by atoms with Gasteiger partial charge in [0.05, 0.1) is 11.1 Å². The zero-order valence-corrected chi connectivity index (χ0v) is 19.1. The monoisotopic (exact) mass is 500 g/mol. The molecule has 0 atom stereocenters. The average molecular weight is 500 g/mol. The van der Waals surface area contributed by atoms with Crippen LogP contribution in [0.3, 0.4) is 0 Å². The lowest BCUT2D eigenvalue weighted by atomic mass is 10.1. The molecule has 2 aliphatic heterocycles. The van der Waals surface area contributed by atoms with Crippen LogP contribution in [-0.4, -0.2) is 66.0 Å². The molecule has 0 saturated carbocycles. The predicted octanol–water partition coefficient (Wildman–Crippen LogP) is 5.07. The Labute approximate surface area is 199 Å². The highest BCUT2D eigenvalue weighted by Gasteiger charge is 2.39. The van der Waals surface area contributed by atoms with E-state index in [2.05, 4.69) is 39.4 Å². The number of benzene rings is 2. The minimum absolute atomic E-state index is 0.0355. The van der Waals surface area contributed by atoms with E-state index in [1.807, 2.05) is 6.92 Å². The van der Waals surface area contributed by atoms with E-state index in [9.17, 15) is 31.1 Å². The molecular weight excluding hydrogens is 474 g/mol. The van der Waals surface area contributed by atoms with Crippen LogP contribution in [0.2, 0.25) is 0 Å². The molecule has 0 bridgehead atoms. The lowest BCUT2D eigenvalue weighted by Crippen LogP contribution is -2.64. The zero-order valence-electron chi connectivity index (χ0n) is 19.1. The molecule has 0 unspecified atom stereocenters. The molecule has 2 saturated heterocycles. The number of aryl methyl sites for hydroxylation is 1. The fourth-order valence-corrected chi connectivity index (χ4v) is 4.32. The lowest BCUT2D eigenvalue weighted by Gasteiger charge is -2.48.